The average molecular weight is 262 g/mol. The van der Waals surface area contributed by atoms with Crippen LogP contribution in [0.1, 0.15) is 24.0 Å². The second-order valence-corrected chi connectivity index (χ2v) is 5.10. The Balaban J connectivity index is 1.68. The summed E-state index contributed by atoms with van der Waals surface area (Å²) < 4.78 is 5.09. The molecule has 0 unspecified atom stereocenters. The summed E-state index contributed by atoms with van der Waals surface area (Å²) in [5.74, 6) is 0.858. The van der Waals surface area contributed by atoms with Gasteiger partial charge in [0.15, 0.2) is 0 Å². The van der Waals surface area contributed by atoms with Gasteiger partial charge in [-0.05, 0) is 36.4 Å². The van der Waals surface area contributed by atoms with Crippen LogP contribution in [0, 0.1) is 5.92 Å². The van der Waals surface area contributed by atoms with E-state index in [-0.39, 0.29) is 5.91 Å². The van der Waals surface area contributed by atoms with Crippen molar-refractivity contribution in [2.45, 2.75) is 26.0 Å². The van der Waals surface area contributed by atoms with E-state index in [4.69, 9.17) is 4.74 Å². The van der Waals surface area contributed by atoms with Crippen molar-refractivity contribution in [3.63, 3.8) is 0 Å². The van der Waals surface area contributed by atoms with Gasteiger partial charge in [0.2, 0.25) is 5.91 Å². The predicted molar refractivity (Wildman–Crippen MR) is 74.6 cm³/mol. The quantitative estimate of drug-likeness (QED) is 0.745. The Bertz CT molecular complexity index is 416. The Labute approximate surface area is 114 Å². The number of hydrogen-bond donors (Lipinski definition) is 2. The lowest BCUT2D eigenvalue weighted by Gasteiger charge is -2.08. The van der Waals surface area contributed by atoms with E-state index in [1.807, 2.05) is 18.2 Å². The molecule has 0 aliphatic heterocycles. The molecular formula is C15H22N2O2. The molecule has 2 rings (SSSR count). The fourth-order valence-electron chi connectivity index (χ4n) is 1.97. The lowest BCUT2D eigenvalue weighted by molar-refractivity contribution is -0.120. The molecule has 1 aromatic carbocycles. The predicted octanol–water partition coefficient (Wildman–Crippen LogP) is 1.45. The molecule has 4 heteroatoms. The third-order valence-electron chi connectivity index (χ3n) is 3.21. The van der Waals surface area contributed by atoms with Gasteiger partial charge in [0.1, 0.15) is 0 Å². The van der Waals surface area contributed by atoms with Gasteiger partial charge in [-0.15, -0.1) is 0 Å². The molecule has 1 amide bonds. The van der Waals surface area contributed by atoms with Crippen LogP contribution in [0.5, 0.6) is 0 Å². The minimum atomic E-state index is 0.0535. The molecule has 0 saturated heterocycles. The number of methoxy groups -OCH3 is 1. The summed E-state index contributed by atoms with van der Waals surface area (Å²) in [6.45, 7) is 2.55. The molecule has 0 aromatic heterocycles. The first-order chi connectivity index (χ1) is 9.28. The molecule has 1 aromatic rings. The normalized spacial score (nSPS) is 14.4. The van der Waals surface area contributed by atoms with Crippen LogP contribution in [0.15, 0.2) is 24.3 Å². The summed E-state index contributed by atoms with van der Waals surface area (Å²) in [6, 6.07) is 8.08. The molecule has 0 spiro atoms. The van der Waals surface area contributed by atoms with Crippen molar-refractivity contribution in [2.75, 3.05) is 20.2 Å². The van der Waals surface area contributed by atoms with E-state index in [9.17, 15) is 4.79 Å². The van der Waals surface area contributed by atoms with Crippen LogP contribution in [0.25, 0.3) is 0 Å². The van der Waals surface area contributed by atoms with E-state index < -0.39 is 0 Å². The topological polar surface area (TPSA) is 50.4 Å². The molecule has 1 aliphatic carbocycles. The van der Waals surface area contributed by atoms with Crippen molar-refractivity contribution < 1.29 is 9.53 Å². The number of amides is 1. The second kappa shape index (κ2) is 7.26. The minimum Gasteiger partial charge on any atom is -0.380 e. The fourth-order valence-corrected chi connectivity index (χ4v) is 1.97. The molecule has 0 atom stereocenters. The van der Waals surface area contributed by atoms with Crippen molar-refractivity contribution >= 4 is 5.91 Å². The van der Waals surface area contributed by atoms with E-state index in [0.29, 0.717) is 19.7 Å². The van der Waals surface area contributed by atoms with Crippen LogP contribution >= 0.6 is 0 Å². The fraction of sp³-hybridized carbons (Fsp3) is 0.533. The van der Waals surface area contributed by atoms with Gasteiger partial charge in [0.05, 0.1) is 13.2 Å². The van der Waals surface area contributed by atoms with E-state index in [0.717, 1.165) is 23.6 Å². The van der Waals surface area contributed by atoms with Gasteiger partial charge >= 0.3 is 0 Å². The third-order valence-corrected chi connectivity index (χ3v) is 3.21. The van der Waals surface area contributed by atoms with Crippen molar-refractivity contribution in [1.82, 2.24) is 10.6 Å². The van der Waals surface area contributed by atoms with Crippen LogP contribution in [-0.2, 0) is 22.7 Å². The number of carbonyl (C=O) groups excluding carboxylic acids is 1. The smallest absolute Gasteiger partial charge is 0.234 e. The highest BCUT2D eigenvalue weighted by atomic mass is 16.5. The maximum absolute atomic E-state index is 11.6. The van der Waals surface area contributed by atoms with E-state index in [1.54, 1.807) is 7.11 Å². The summed E-state index contributed by atoms with van der Waals surface area (Å²) >= 11 is 0. The van der Waals surface area contributed by atoms with Crippen molar-refractivity contribution in [2.24, 2.45) is 5.92 Å². The third kappa shape index (κ3) is 5.41. The van der Waals surface area contributed by atoms with Gasteiger partial charge < -0.3 is 15.4 Å². The highest BCUT2D eigenvalue weighted by molar-refractivity contribution is 5.77. The monoisotopic (exact) mass is 262 g/mol. The Hall–Kier alpha value is -1.39. The summed E-state index contributed by atoms with van der Waals surface area (Å²) in [4.78, 5) is 11.6. The van der Waals surface area contributed by atoms with Crippen molar-refractivity contribution in [3.05, 3.63) is 35.4 Å². The zero-order valence-electron chi connectivity index (χ0n) is 11.4. The minimum absolute atomic E-state index is 0.0535. The van der Waals surface area contributed by atoms with Crippen LogP contribution < -0.4 is 10.6 Å². The molecule has 2 N–H and O–H groups in total. The van der Waals surface area contributed by atoms with Gasteiger partial charge in [-0.3, -0.25) is 4.79 Å². The molecule has 1 fully saturated rings. The van der Waals surface area contributed by atoms with Gasteiger partial charge in [0.25, 0.3) is 0 Å². The van der Waals surface area contributed by atoms with Gasteiger partial charge in [-0.25, -0.2) is 0 Å². The van der Waals surface area contributed by atoms with Gasteiger partial charge in [-0.2, -0.15) is 0 Å². The van der Waals surface area contributed by atoms with Crippen LogP contribution in [0.3, 0.4) is 0 Å². The van der Waals surface area contributed by atoms with Crippen LogP contribution in [0.4, 0.5) is 0 Å². The molecule has 0 bridgehead atoms. The number of hydrogen-bond acceptors (Lipinski definition) is 3. The molecule has 19 heavy (non-hydrogen) atoms. The summed E-state index contributed by atoms with van der Waals surface area (Å²) in [5, 5.41) is 6.10. The first-order valence-electron chi connectivity index (χ1n) is 6.82. The van der Waals surface area contributed by atoms with E-state index in [1.165, 1.54) is 12.8 Å². The summed E-state index contributed by atoms with van der Waals surface area (Å²) in [6.07, 6.45) is 2.61. The second-order valence-electron chi connectivity index (χ2n) is 5.10. The maximum atomic E-state index is 11.6. The molecule has 104 valence electrons. The Morgan fingerprint density at radius 1 is 1.37 bits per heavy atom. The number of ether oxygens (including phenoxy) is 1. The largest absolute Gasteiger partial charge is 0.380 e. The molecule has 1 aliphatic rings. The van der Waals surface area contributed by atoms with Crippen LogP contribution in [0.2, 0.25) is 0 Å². The summed E-state index contributed by atoms with van der Waals surface area (Å²) in [5.41, 5.74) is 2.23. The molecule has 1 saturated carbocycles. The molecular weight excluding hydrogens is 240 g/mol. The lowest BCUT2D eigenvalue weighted by atomic mass is 10.1. The number of benzene rings is 1. The average Bonchev–Trinajstić information content (AvgIpc) is 3.21. The van der Waals surface area contributed by atoms with Crippen molar-refractivity contribution in [3.8, 4) is 0 Å². The first-order valence-corrected chi connectivity index (χ1v) is 6.82. The Kier molecular flexibility index (Phi) is 5.36. The van der Waals surface area contributed by atoms with E-state index in [2.05, 4.69) is 16.7 Å². The number of carbonyl (C=O) groups is 1. The lowest BCUT2D eigenvalue weighted by Crippen LogP contribution is -2.34. The van der Waals surface area contributed by atoms with Crippen molar-refractivity contribution in [1.29, 1.82) is 0 Å². The zero-order valence-corrected chi connectivity index (χ0v) is 11.4. The SMILES string of the molecule is COCc1cccc(CNC(=O)CNCC2CC2)c1. The standard InChI is InChI=1S/C15H22N2O2/c1-19-11-14-4-2-3-13(7-14)9-17-15(18)10-16-8-12-5-6-12/h2-4,7,12,16H,5-6,8-11H2,1H3,(H,17,18). The Morgan fingerprint density at radius 3 is 2.89 bits per heavy atom. The van der Waals surface area contributed by atoms with E-state index >= 15 is 0 Å². The van der Waals surface area contributed by atoms with Gasteiger partial charge in [-0.1, -0.05) is 24.3 Å². The molecule has 4 nitrogen and oxygen atoms in total. The zero-order chi connectivity index (χ0) is 13.5. The highest BCUT2D eigenvalue weighted by Gasteiger charge is 2.20. The highest BCUT2D eigenvalue weighted by Crippen LogP contribution is 2.27. The molecule has 0 radical (unpaired) electrons. The first kappa shape index (κ1) is 14.0. The summed E-state index contributed by atoms with van der Waals surface area (Å²) in [7, 11) is 1.68. The van der Waals surface area contributed by atoms with Crippen LogP contribution in [-0.4, -0.2) is 26.1 Å². The number of rotatable bonds is 8. The number of nitrogens with one attached hydrogen (secondary N) is 2. The molecule has 0 heterocycles. The Morgan fingerprint density at radius 2 is 2.16 bits per heavy atom. The maximum Gasteiger partial charge on any atom is 0.234 e. The van der Waals surface area contributed by atoms with Gasteiger partial charge in [0, 0.05) is 13.7 Å².